The van der Waals surface area contributed by atoms with E-state index in [0.717, 1.165) is 31.5 Å². The lowest BCUT2D eigenvalue weighted by Crippen LogP contribution is -2.12. The van der Waals surface area contributed by atoms with Crippen LogP contribution in [0.15, 0.2) is 11.8 Å². The zero-order valence-corrected chi connectivity index (χ0v) is 7.10. The number of nitrogens with one attached hydrogen (secondary N) is 1. The van der Waals surface area contributed by atoms with Crippen LogP contribution < -0.4 is 5.32 Å². The van der Waals surface area contributed by atoms with Gasteiger partial charge in [-0.2, -0.15) is 0 Å². The average Bonchev–Trinajstić information content (AvgIpc) is 2.45. The van der Waals surface area contributed by atoms with Crippen LogP contribution in [0, 0.1) is 12.3 Å². The first-order chi connectivity index (χ1) is 5.83. The number of rotatable bonds is 4. The van der Waals surface area contributed by atoms with Gasteiger partial charge in [0.05, 0.1) is 0 Å². The first-order valence-corrected chi connectivity index (χ1v) is 4.23. The molecule has 0 fully saturated rings. The minimum Gasteiger partial charge on any atom is -0.388 e. The minimum atomic E-state index is 0.231. The Labute approximate surface area is 73.0 Å². The van der Waals surface area contributed by atoms with Gasteiger partial charge in [0.15, 0.2) is 5.78 Å². The van der Waals surface area contributed by atoms with Crippen LogP contribution in [0.25, 0.3) is 0 Å². The van der Waals surface area contributed by atoms with E-state index < -0.39 is 0 Å². The molecular weight excluding hydrogens is 150 g/mol. The summed E-state index contributed by atoms with van der Waals surface area (Å²) < 4.78 is 0. The van der Waals surface area contributed by atoms with Gasteiger partial charge in [0.1, 0.15) is 0 Å². The highest BCUT2D eigenvalue weighted by Crippen LogP contribution is 2.11. The molecule has 12 heavy (non-hydrogen) atoms. The molecule has 0 aliphatic heterocycles. The SMILES string of the molecule is C#CCCCNC1=CC(=O)CC1. The fourth-order valence-electron chi connectivity index (χ4n) is 1.18. The molecule has 1 N–H and O–H groups in total. The Morgan fingerprint density at radius 3 is 3.00 bits per heavy atom. The summed E-state index contributed by atoms with van der Waals surface area (Å²) in [5.41, 5.74) is 1.07. The largest absolute Gasteiger partial charge is 0.388 e. The molecule has 1 aliphatic carbocycles. The quantitative estimate of drug-likeness (QED) is 0.499. The smallest absolute Gasteiger partial charge is 0.157 e. The van der Waals surface area contributed by atoms with Crippen molar-refractivity contribution in [2.45, 2.75) is 25.7 Å². The van der Waals surface area contributed by atoms with Gasteiger partial charge in [-0.1, -0.05) is 0 Å². The van der Waals surface area contributed by atoms with Crippen LogP contribution in [0.1, 0.15) is 25.7 Å². The highest BCUT2D eigenvalue weighted by molar-refractivity contribution is 5.92. The summed E-state index contributed by atoms with van der Waals surface area (Å²) >= 11 is 0. The third kappa shape index (κ3) is 2.79. The molecule has 0 amide bonds. The number of hydrogen-bond donors (Lipinski definition) is 1. The van der Waals surface area contributed by atoms with E-state index >= 15 is 0 Å². The van der Waals surface area contributed by atoms with E-state index in [1.807, 2.05) is 0 Å². The van der Waals surface area contributed by atoms with Crippen LogP contribution >= 0.6 is 0 Å². The second kappa shape index (κ2) is 4.61. The second-order valence-electron chi connectivity index (χ2n) is 2.87. The maximum atomic E-state index is 10.8. The first-order valence-electron chi connectivity index (χ1n) is 4.23. The van der Waals surface area contributed by atoms with Gasteiger partial charge in [-0.25, -0.2) is 0 Å². The van der Waals surface area contributed by atoms with Gasteiger partial charge in [-0.05, 0) is 12.8 Å². The lowest BCUT2D eigenvalue weighted by atomic mass is 10.3. The van der Waals surface area contributed by atoms with E-state index in [0.29, 0.717) is 6.42 Å². The molecule has 0 unspecified atom stereocenters. The Morgan fingerprint density at radius 1 is 1.58 bits per heavy atom. The van der Waals surface area contributed by atoms with Crippen LogP contribution in [0.3, 0.4) is 0 Å². The zero-order chi connectivity index (χ0) is 8.81. The second-order valence-corrected chi connectivity index (χ2v) is 2.87. The van der Waals surface area contributed by atoms with Crippen molar-refractivity contribution in [2.75, 3.05) is 6.54 Å². The Bertz CT molecular complexity index is 235. The Kier molecular flexibility index (Phi) is 3.40. The Balaban J connectivity index is 2.12. The van der Waals surface area contributed by atoms with Gasteiger partial charge >= 0.3 is 0 Å². The maximum Gasteiger partial charge on any atom is 0.157 e. The first kappa shape index (κ1) is 8.86. The fraction of sp³-hybridized carbons (Fsp3) is 0.500. The topological polar surface area (TPSA) is 29.1 Å². The van der Waals surface area contributed by atoms with Gasteiger partial charge in [0.2, 0.25) is 0 Å². The van der Waals surface area contributed by atoms with E-state index in [-0.39, 0.29) is 5.78 Å². The van der Waals surface area contributed by atoms with Gasteiger partial charge in [-0.3, -0.25) is 4.79 Å². The molecule has 0 heterocycles. The van der Waals surface area contributed by atoms with Crippen molar-refractivity contribution in [1.82, 2.24) is 5.32 Å². The summed E-state index contributed by atoms with van der Waals surface area (Å²) in [6, 6.07) is 0. The molecule has 0 radical (unpaired) electrons. The summed E-state index contributed by atoms with van der Waals surface area (Å²) in [7, 11) is 0. The monoisotopic (exact) mass is 163 g/mol. The van der Waals surface area contributed by atoms with Crippen molar-refractivity contribution in [3.05, 3.63) is 11.8 Å². The molecular formula is C10H13NO. The number of carbonyl (C=O) groups is 1. The number of terminal acetylenes is 1. The number of hydrogen-bond acceptors (Lipinski definition) is 2. The molecule has 0 aromatic rings. The van der Waals surface area contributed by atoms with E-state index in [1.165, 1.54) is 0 Å². The lowest BCUT2D eigenvalue weighted by Gasteiger charge is -2.03. The number of unbranched alkanes of at least 4 members (excludes halogenated alkanes) is 1. The van der Waals surface area contributed by atoms with Gasteiger partial charge in [0.25, 0.3) is 0 Å². The predicted octanol–water partition coefficient (Wildman–Crippen LogP) is 1.24. The molecule has 0 saturated heterocycles. The number of allylic oxidation sites excluding steroid dienone is 2. The summed E-state index contributed by atoms with van der Waals surface area (Å²) in [6.45, 7) is 0.878. The molecule has 1 rings (SSSR count). The van der Waals surface area contributed by atoms with Crippen molar-refractivity contribution in [2.24, 2.45) is 0 Å². The normalized spacial score (nSPS) is 15.6. The van der Waals surface area contributed by atoms with Crippen LogP contribution in [0.5, 0.6) is 0 Å². The third-order valence-corrected chi connectivity index (χ3v) is 1.83. The van der Waals surface area contributed by atoms with Crippen molar-refractivity contribution in [3.63, 3.8) is 0 Å². The van der Waals surface area contributed by atoms with E-state index in [4.69, 9.17) is 6.42 Å². The van der Waals surface area contributed by atoms with Crippen molar-refractivity contribution in [3.8, 4) is 12.3 Å². The van der Waals surface area contributed by atoms with Crippen molar-refractivity contribution in [1.29, 1.82) is 0 Å². The van der Waals surface area contributed by atoms with Crippen LogP contribution in [0.2, 0.25) is 0 Å². The van der Waals surface area contributed by atoms with E-state index in [2.05, 4.69) is 11.2 Å². The summed E-state index contributed by atoms with van der Waals surface area (Å²) in [5, 5.41) is 3.19. The standard InChI is InChI=1S/C10H13NO/c1-2-3-4-7-11-9-5-6-10(12)8-9/h1,8,11H,3-7H2. The zero-order valence-electron chi connectivity index (χ0n) is 7.10. The highest BCUT2D eigenvalue weighted by Gasteiger charge is 2.10. The summed E-state index contributed by atoms with van der Waals surface area (Å²) in [6.07, 6.45) is 10.1. The minimum absolute atomic E-state index is 0.231. The molecule has 1 aliphatic rings. The predicted molar refractivity (Wildman–Crippen MR) is 48.4 cm³/mol. The molecule has 0 aromatic carbocycles. The van der Waals surface area contributed by atoms with Crippen LogP contribution in [-0.4, -0.2) is 12.3 Å². The highest BCUT2D eigenvalue weighted by atomic mass is 16.1. The average molecular weight is 163 g/mol. The third-order valence-electron chi connectivity index (χ3n) is 1.83. The molecule has 2 heteroatoms. The number of carbonyl (C=O) groups excluding carboxylic acids is 1. The molecule has 0 aromatic heterocycles. The molecule has 2 nitrogen and oxygen atoms in total. The Morgan fingerprint density at radius 2 is 2.42 bits per heavy atom. The fourth-order valence-corrected chi connectivity index (χ4v) is 1.18. The van der Waals surface area contributed by atoms with Crippen molar-refractivity contribution >= 4 is 5.78 Å². The van der Waals surface area contributed by atoms with Crippen LogP contribution in [0.4, 0.5) is 0 Å². The molecule has 0 atom stereocenters. The maximum absolute atomic E-state index is 10.8. The van der Waals surface area contributed by atoms with Gasteiger partial charge in [-0.15, -0.1) is 12.3 Å². The summed E-state index contributed by atoms with van der Waals surface area (Å²) in [4.78, 5) is 10.8. The molecule has 0 saturated carbocycles. The van der Waals surface area contributed by atoms with Gasteiger partial charge < -0.3 is 5.32 Å². The molecule has 0 bridgehead atoms. The van der Waals surface area contributed by atoms with E-state index in [9.17, 15) is 4.79 Å². The number of ketones is 1. The van der Waals surface area contributed by atoms with Crippen molar-refractivity contribution < 1.29 is 4.79 Å². The van der Waals surface area contributed by atoms with Gasteiger partial charge in [0, 0.05) is 31.2 Å². The summed E-state index contributed by atoms with van der Waals surface area (Å²) in [5.74, 6) is 2.81. The van der Waals surface area contributed by atoms with Crippen LogP contribution in [-0.2, 0) is 4.79 Å². The Hall–Kier alpha value is -1.23. The molecule has 0 spiro atoms. The molecule has 64 valence electrons. The van der Waals surface area contributed by atoms with E-state index in [1.54, 1.807) is 6.08 Å². The lowest BCUT2D eigenvalue weighted by molar-refractivity contribution is -0.114.